The van der Waals surface area contributed by atoms with E-state index in [2.05, 4.69) is 27.7 Å². The lowest BCUT2D eigenvalue weighted by molar-refractivity contribution is -0.135. The molecule has 4 aromatic rings. The molecule has 0 heterocycles. The molecule has 10 heteroatoms. The number of carbonyl (C=O) groups excluding carboxylic acids is 4. The van der Waals surface area contributed by atoms with Crippen molar-refractivity contribution < 1.29 is 48.3 Å². The monoisotopic (exact) mass is 796 g/mol. The summed E-state index contributed by atoms with van der Waals surface area (Å²) in [5.74, 6) is -2.34. The maximum absolute atomic E-state index is 13.6. The van der Waals surface area contributed by atoms with Gasteiger partial charge in [-0.1, -0.05) is 129 Å². The highest BCUT2D eigenvalue weighted by Crippen LogP contribution is 2.50. The first-order valence-corrected chi connectivity index (χ1v) is 21.6. The van der Waals surface area contributed by atoms with Crippen LogP contribution in [0.1, 0.15) is 156 Å². The molecule has 1 aliphatic carbocycles. The van der Waals surface area contributed by atoms with E-state index < -0.39 is 23.9 Å². The standard InChI is InChI=1S/C48H60O10/c1-5-9-13-17-27-35(51)55-45-31-23-21-25-33(49)39(31)47(57-37(53)29-19-15-11-7-3)43-41(45)42-44(43)48(58-38(54)30-20-16-12-8-4)40-32(24-22-26-34(40)50)46(42)56-36(52)28-18-14-10-6-2/h21-26,49-50H,5-20,27-30H2,1-4H3. The van der Waals surface area contributed by atoms with Crippen molar-refractivity contribution in [1.82, 2.24) is 0 Å². The largest absolute Gasteiger partial charge is 0.507 e. The van der Waals surface area contributed by atoms with E-state index in [0.717, 1.165) is 77.0 Å². The Morgan fingerprint density at radius 1 is 0.397 bits per heavy atom. The third-order valence-electron chi connectivity index (χ3n) is 10.7. The molecule has 1 aliphatic rings. The zero-order valence-corrected chi connectivity index (χ0v) is 34.8. The van der Waals surface area contributed by atoms with E-state index in [0.29, 0.717) is 46.9 Å². The third kappa shape index (κ3) is 10.3. The number of carbonyl (C=O) groups is 4. The second-order valence-corrected chi connectivity index (χ2v) is 15.4. The minimum absolute atomic E-state index is 0.00862. The zero-order valence-electron chi connectivity index (χ0n) is 34.8. The molecular formula is C48H60O10. The number of hydrogen-bond donors (Lipinski definition) is 2. The lowest BCUT2D eigenvalue weighted by Gasteiger charge is -2.23. The summed E-state index contributed by atoms with van der Waals surface area (Å²) in [4.78, 5) is 54.5. The molecule has 5 rings (SSSR count). The Morgan fingerprint density at radius 3 is 0.966 bits per heavy atom. The van der Waals surface area contributed by atoms with Gasteiger partial charge in [-0.15, -0.1) is 0 Å². The van der Waals surface area contributed by atoms with Crippen molar-refractivity contribution in [2.24, 2.45) is 0 Å². The normalized spacial score (nSPS) is 11.5. The summed E-state index contributed by atoms with van der Waals surface area (Å²) in [6, 6.07) is 9.49. The molecule has 0 fully saturated rings. The molecular weight excluding hydrogens is 737 g/mol. The van der Waals surface area contributed by atoms with E-state index >= 15 is 0 Å². The second-order valence-electron chi connectivity index (χ2n) is 15.4. The van der Waals surface area contributed by atoms with Crippen molar-refractivity contribution in [3.63, 3.8) is 0 Å². The van der Waals surface area contributed by atoms with Crippen LogP contribution in [0.25, 0.3) is 21.5 Å². The van der Waals surface area contributed by atoms with E-state index in [4.69, 9.17) is 18.9 Å². The molecule has 0 amide bonds. The SMILES string of the molecule is CCCCCCC(=O)Oc1c2c(c(OC(=O)CCCCCC)c3c(O)cccc13)=c1c(OC(=O)CCCCCC)c3c(O)cccc3c(OC(=O)CCCCCC)c1=2. The van der Waals surface area contributed by atoms with Gasteiger partial charge in [-0.05, 0) is 37.8 Å². The van der Waals surface area contributed by atoms with Gasteiger partial charge >= 0.3 is 23.9 Å². The Balaban J connectivity index is 1.87. The highest BCUT2D eigenvalue weighted by molar-refractivity contribution is 6.04. The predicted octanol–water partition coefficient (Wildman–Crippen LogP) is 11.8. The van der Waals surface area contributed by atoms with Crippen LogP contribution in [0.5, 0.6) is 34.5 Å². The highest BCUT2D eigenvalue weighted by atomic mass is 16.6. The van der Waals surface area contributed by atoms with E-state index in [1.807, 2.05) is 0 Å². The number of hydrogen-bond acceptors (Lipinski definition) is 10. The molecule has 0 atom stereocenters. The highest BCUT2D eigenvalue weighted by Gasteiger charge is 2.31. The van der Waals surface area contributed by atoms with Crippen molar-refractivity contribution in [3.8, 4) is 34.5 Å². The number of phenolic OH excluding ortho intramolecular Hbond substituents is 2. The zero-order chi connectivity index (χ0) is 41.6. The van der Waals surface area contributed by atoms with Crippen LogP contribution in [0.4, 0.5) is 0 Å². The average molecular weight is 797 g/mol. The molecule has 0 unspecified atom stereocenters. The molecule has 312 valence electrons. The molecule has 0 aromatic heterocycles. The Morgan fingerprint density at radius 2 is 0.672 bits per heavy atom. The van der Waals surface area contributed by atoms with E-state index in [1.54, 1.807) is 24.3 Å². The summed E-state index contributed by atoms with van der Waals surface area (Å²) >= 11 is 0. The Bertz CT molecular complexity index is 2150. The topological polar surface area (TPSA) is 146 Å². The fraction of sp³-hybridized carbons (Fsp3) is 0.500. The number of esters is 4. The van der Waals surface area contributed by atoms with Crippen LogP contribution < -0.4 is 18.9 Å². The molecule has 0 radical (unpaired) electrons. The lowest BCUT2D eigenvalue weighted by Crippen LogP contribution is -2.16. The van der Waals surface area contributed by atoms with Gasteiger partial charge in [0.25, 0.3) is 0 Å². The summed E-state index contributed by atoms with van der Waals surface area (Å²) in [5, 5.41) is 25.0. The van der Waals surface area contributed by atoms with Crippen LogP contribution in [0.15, 0.2) is 36.4 Å². The minimum atomic E-state index is -0.534. The molecule has 4 aromatic carbocycles. The quantitative estimate of drug-likeness (QED) is 0.0351. The van der Waals surface area contributed by atoms with Crippen molar-refractivity contribution in [1.29, 1.82) is 0 Å². The van der Waals surface area contributed by atoms with Crippen LogP contribution in [0.3, 0.4) is 0 Å². The summed E-state index contributed by atoms with van der Waals surface area (Å²) in [6.45, 7) is 8.34. The number of phenols is 2. The number of benzene rings is 4. The van der Waals surface area contributed by atoms with Crippen molar-refractivity contribution in [2.45, 2.75) is 156 Å². The van der Waals surface area contributed by atoms with Crippen LogP contribution >= 0.6 is 0 Å². The second kappa shape index (κ2) is 21.6. The Labute approximate surface area is 340 Å². The van der Waals surface area contributed by atoms with Crippen LogP contribution in [-0.2, 0) is 19.2 Å². The van der Waals surface area contributed by atoms with Gasteiger partial charge in [0.1, 0.15) is 23.0 Å². The van der Waals surface area contributed by atoms with Gasteiger partial charge in [0.05, 0.1) is 10.8 Å². The summed E-state index contributed by atoms with van der Waals surface area (Å²) < 4.78 is 24.9. The van der Waals surface area contributed by atoms with E-state index in [1.165, 1.54) is 12.1 Å². The molecule has 58 heavy (non-hydrogen) atoms. The summed E-state index contributed by atoms with van der Waals surface area (Å²) in [6.07, 6.45) is 14.1. The number of unbranched alkanes of at least 4 members (excludes halogenated alkanes) is 12. The summed E-state index contributed by atoms with van der Waals surface area (Å²) in [5.41, 5.74) is 0. The smallest absolute Gasteiger partial charge is 0.311 e. The lowest BCUT2D eigenvalue weighted by atomic mass is 9.90. The van der Waals surface area contributed by atoms with Gasteiger partial charge in [0.2, 0.25) is 0 Å². The number of aromatic hydroxyl groups is 2. The molecule has 0 aliphatic heterocycles. The van der Waals surface area contributed by atoms with Crippen LogP contribution in [0.2, 0.25) is 0 Å². The molecule has 10 nitrogen and oxygen atoms in total. The molecule has 0 saturated carbocycles. The first kappa shape index (κ1) is 44.0. The first-order valence-electron chi connectivity index (χ1n) is 21.6. The van der Waals surface area contributed by atoms with Gasteiger partial charge in [-0.2, -0.15) is 0 Å². The maximum atomic E-state index is 13.6. The fourth-order valence-corrected chi connectivity index (χ4v) is 7.66. The van der Waals surface area contributed by atoms with Crippen LogP contribution in [-0.4, -0.2) is 34.1 Å². The van der Waals surface area contributed by atoms with Crippen molar-refractivity contribution >= 4 is 45.4 Å². The Kier molecular flexibility index (Phi) is 16.4. The van der Waals surface area contributed by atoms with Gasteiger partial charge in [-0.25, -0.2) is 0 Å². The predicted molar refractivity (Wildman–Crippen MR) is 224 cm³/mol. The fourth-order valence-electron chi connectivity index (χ4n) is 7.66. The maximum Gasteiger partial charge on any atom is 0.311 e. The average Bonchev–Trinajstić information content (AvgIpc) is 3.19. The molecule has 0 spiro atoms. The minimum Gasteiger partial charge on any atom is -0.507 e. The number of fused-ring (bicyclic) bond motifs is 4. The number of rotatable bonds is 24. The molecule has 0 bridgehead atoms. The molecule has 2 N–H and O–H groups in total. The van der Waals surface area contributed by atoms with Crippen molar-refractivity contribution in [3.05, 3.63) is 57.3 Å². The van der Waals surface area contributed by atoms with Gasteiger partial charge < -0.3 is 29.2 Å². The van der Waals surface area contributed by atoms with Crippen LogP contribution in [0, 0.1) is 20.9 Å². The van der Waals surface area contributed by atoms with E-state index in [-0.39, 0.29) is 81.4 Å². The third-order valence-corrected chi connectivity index (χ3v) is 10.7. The van der Waals surface area contributed by atoms with E-state index in [9.17, 15) is 29.4 Å². The van der Waals surface area contributed by atoms with Gasteiger partial charge in [-0.3, -0.25) is 19.2 Å². The first-order chi connectivity index (χ1) is 28.2. The van der Waals surface area contributed by atoms with Crippen molar-refractivity contribution in [2.75, 3.05) is 0 Å². The molecule has 0 saturated heterocycles. The van der Waals surface area contributed by atoms with Gasteiger partial charge in [0.15, 0.2) is 11.5 Å². The Hall–Kier alpha value is -5.12. The summed E-state index contributed by atoms with van der Waals surface area (Å²) in [7, 11) is 0. The van der Waals surface area contributed by atoms with Gasteiger partial charge in [0, 0.05) is 57.3 Å². The number of ether oxygens (including phenoxy) is 4.